The molecule has 2 heterocycles. The number of hydrogen-bond acceptors (Lipinski definition) is 2. The number of carbonyl (C=O) groups excluding carboxylic acids is 2. The standard InChI is InChI=1S/C19H20FN3O2/c1-4-9-22-18(24)17(21-19(22)25)11-14-10-12(2)23(13(14)3)16-7-5-15(20)6-8-16/h5-8,10-11H,4,9H2,1-3H3,(H,21,25)/b17-11+. The summed E-state index contributed by atoms with van der Waals surface area (Å²) < 4.78 is 15.1. The number of benzene rings is 1. The van der Waals surface area contributed by atoms with Gasteiger partial charge in [0.05, 0.1) is 0 Å². The third kappa shape index (κ3) is 3.07. The molecule has 0 bridgehead atoms. The minimum absolute atomic E-state index is 0.276. The molecule has 0 saturated carbocycles. The van der Waals surface area contributed by atoms with Gasteiger partial charge in [-0.3, -0.25) is 9.69 Å². The summed E-state index contributed by atoms with van der Waals surface area (Å²) in [6.07, 6.45) is 2.41. The minimum atomic E-state index is -0.384. The number of aromatic nitrogens is 1. The summed E-state index contributed by atoms with van der Waals surface area (Å²) in [5, 5.41) is 2.63. The molecule has 130 valence electrons. The van der Waals surface area contributed by atoms with Crippen molar-refractivity contribution in [2.24, 2.45) is 0 Å². The van der Waals surface area contributed by atoms with Crippen LogP contribution in [-0.2, 0) is 4.79 Å². The Morgan fingerprint density at radius 1 is 1.16 bits per heavy atom. The van der Waals surface area contributed by atoms with Crippen LogP contribution in [0.3, 0.4) is 0 Å². The molecule has 0 radical (unpaired) electrons. The number of carbonyl (C=O) groups is 2. The van der Waals surface area contributed by atoms with Gasteiger partial charge in [0.2, 0.25) is 0 Å². The van der Waals surface area contributed by atoms with Crippen LogP contribution in [-0.4, -0.2) is 28.0 Å². The lowest BCUT2D eigenvalue weighted by atomic mass is 10.2. The molecule has 1 aliphatic heterocycles. The van der Waals surface area contributed by atoms with Crippen LogP contribution in [0.5, 0.6) is 0 Å². The normalized spacial score (nSPS) is 16.0. The molecule has 1 fully saturated rings. The number of imide groups is 1. The molecule has 1 aliphatic rings. The van der Waals surface area contributed by atoms with Crippen molar-refractivity contribution < 1.29 is 14.0 Å². The van der Waals surface area contributed by atoms with Gasteiger partial charge in [0.1, 0.15) is 11.5 Å². The highest BCUT2D eigenvalue weighted by Crippen LogP contribution is 2.24. The molecule has 0 unspecified atom stereocenters. The average Bonchev–Trinajstić information content (AvgIpc) is 3.00. The molecular weight excluding hydrogens is 321 g/mol. The van der Waals surface area contributed by atoms with Gasteiger partial charge in [-0.1, -0.05) is 6.92 Å². The second kappa shape index (κ2) is 6.55. The van der Waals surface area contributed by atoms with E-state index < -0.39 is 0 Å². The van der Waals surface area contributed by atoms with E-state index in [4.69, 9.17) is 0 Å². The number of aryl methyl sites for hydroxylation is 1. The maximum atomic E-state index is 13.2. The van der Waals surface area contributed by atoms with Gasteiger partial charge in [-0.05, 0) is 62.2 Å². The van der Waals surface area contributed by atoms with E-state index >= 15 is 0 Å². The van der Waals surface area contributed by atoms with Crippen molar-refractivity contribution in [2.75, 3.05) is 6.54 Å². The molecule has 0 aliphatic carbocycles. The van der Waals surface area contributed by atoms with Crippen molar-refractivity contribution in [1.82, 2.24) is 14.8 Å². The van der Waals surface area contributed by atoms with E-state index in [1.807, 2.05) is 31.4 Å². The quantitative estimate of drug-likeness (QED) is 0.683. The first-order chi connectivity index (χ1) is 11.9. The van der Waals surface area contributed by atoms with Crippen molar-refractivity contribution in [3.63, 3.8) is 0 Å². The number of urea groups is 1. The average molecular weight is 341 g/mol. The zero-order valence-electron chi connectivity index (χ0n) is 14.5. The van der Waals surface area contributed by atoms with Gasteiger partial charge in [-0.25, -0.2) is 9.18 Å². The van der Waals surface area contributed by atoms with E-state index in [1.54, 1.807) is 18.2 Å². The van der Waals surface area contributed by atoms with Crippen LogP contribution in [0.1, 0.15) is 30.3 Å². The van der Waals surface area contributed by atoms with Gasteiger partial charge in [-0.2, -0.15) is 0 Å². The van der Waals surface area contributed by atoms with E-state index in [1.165, 1.54) is 17.0 Å². The number of halogens is 1. The predicted octanol–water partition coefficient (Wildman–Crippen LogP) is 3.54. The van der Waals surface area contributed by atoms with Gasteiger partial charge in [0, 0.05) is 23.6 Å². The Morgan fingerprint density at radius 2 is 1.84 bits per heavy atom. The third-order valence-corrected chi connectivity index (χ3v) is 4.26. The lowest BCUT2D eigenvalue weighted by Crippen LogP contribution is -2.31. The van der Waals surface area contributed by atoms with Gasteiger partial charge in [-0.15, -0.1) is 0 Å². The summed E-state index contributed by atoms with van der Waals surface area (Å²) in [4.78, 5) is 25.5. The monoisotopic (exact) mass is 341 g/mol. The fourth-order valence-corrected chi connectivity index (χ4v) is 3.08. The topological polar surface area (TPSA) is 54.3 Å². The van der Waals surface area contributed by atoms with Crippen LogP contribution in [0.2, 0.25) is 0 Å². The van der Waals surface area contributed by atoms with Crippen LogP contribution in [0.15, 0.2) is 36.0 Å². The molecule has 3 amide bonds. The lowest BCUT2D eigenvalue weighted by molar-refractivity contribution is -0.122. The maximum absolute atomic E-state index is 13.2. The number of rotatable bonds is 4. The summed E-state index contributed by atoms with van der Waals surface area (Å²) >= 11 is 0. The molecule has 2 aromatic rings. The van der Waals surface area contributed by atoms with Crippen LogP contribution in [0.4, 0.5) is 9.18 Å². The van der Waals surface area contributed by atoms with Crippen LogP contribution < -0.4 is 5.32 Å². The lowest BCUT2D eigenvalue weighted by Gasteiger charge is -2.09. The first-order valence-corrected chi connectivity index (χ1v) is 8.21. The summed E-state index contributed by atoms with van der Waals surface area (Å²) in [5.74, 6) is -0.595. The number of nitrogens with zero attached hydrogens (tertiary/aromatic N) is 2. The van der Waals surface area contributed by atoms with E-state index in [2.05, 4.69) is 5.32 Å². The fourth-order valence-electron chi connectivity index (χ4n) is 3.08. The number of nitrogens with one attached hydrogen (secondary N) is 1. The summed E-state index contributed by atoms with van der Waals surface area (Å²) in [6, 6.07) is 7.79. The highest BCUT2D eigenvalue weighted by Gasteiger charge is 2.32. The Balaban J connectivity index is 1.97. The van der Waals surface area contributed by atoms with Crippen molar-refractivity contribution in [2.45, 2.75) is 27.2 Å². The van der Waals surface area contributed by atoms with Crippen molar-refractivity contribution in [3.05, 3.63) is 58.8 Å². The van der Waals surface area contributed by atoms with E-state index in [0.717, 1.165) is 22.6 Å². The van der Waals surface area contributed by atoms with Gasteiger partial charge >= 0.3 is 6.03 Å². The maximum Gasteiger partial charge on any atom is 0.329 e. The van der Waals surface area contributed by atoms with Crippen LogP contribution in [0, 0.1) is 19.7 Å². The van der Waals surface area contributed by atoms with Crippen LogP contribution in [0.25, 0.3) is 11.8 Å². The van der Waals surface area contributed by atoms with Gasteiger partial charge < -0.3 is 9.88 Å². The molecule has 0 atom stereocenters. The molecule has 25 heavy (non-hydrogen) atoms. The molecule has 5 nitrogen and oxygen atoms in total. The second-order valence-electron chi connectivity index (χ2n) is 6.08. The predicted molar refractivity (Wildman–Crippen MR) is 93.7 cm³/mol. The zero-order chi connectivity index (χ0) is 18.1. The Kier molecular flexibility index (Phi) is 4.44. The molecule has 0 spiro atoms. The molecule has 3 rings (SSSR count). The molecular formula is C19H20FN3O2. The Morgan fingerprint density at radius 3 is 2.48 bits per heavy atom. The molecule has 1 aromatic carbocycles. The summed E-state index contributed by atoms with van der Waals surface area (Å²) in [5.41, 5.74) is 3.82. The summed E-state index contributed by atoms with van der Waals surface area (Å²) in [7, 11) is 0. The molecule has 1 saturated heterocycles. The Hall–Kier alpha value is -2.89. The Labute approximate surface area is 145 Å². The second-order valence-corrected chi connectivity index (χ2v) is 6.08. The molecule has 1 aromatic heterocycles. The molecule has 6 heteroatoms. The van der Waals surface area contributed by atoms with E-state index in [0.29, 0.717) is 13.0 Å². The van der Waals surface area contributed by atoms with Crippen LogP contribution >= 0.6 is 0 Å². The largest absolute Gasteiger partial charge is 0.329 e. The highest BCUT2D eigenvalue weighted by atomic mass is 19.1. The summed E-state index contributed by atoms with van der Waals surface area (Å²) in [6.45, 7) is 6.18. The molecule has 1 N–H and O–H groups in total. The van der Waals surface area contributed by atoms with Crippen molar-refractivity contribution >= 4 is 18.0 Å². The van der Waals surface area contributed by atoms with E-state index in [9.17, 15) is 14.0 Å². The first kappa shape index (κ1) is 17.0. The van der Waals surface area contributed by atoms with Crippen molar-refractivity contribution in [3.8, 4) is 5.69 Å². The smallest absolute Gasteiger partial charge is 0.318 e. The SMILES string of the molecule is CCCN1C(=O)N/C(=C/c2cc(C)n(-c3ccc(F)cc3)c2C)C1=O. The van der Waals surface area contributed by atoms with Gasteiger partial charge in [0.15, 0.2) is 0 Å². The first-order valence-electron chi connectivity index (χ1n) is 8.21. The fraction of sp³-hybridized carbons (Fsp3) is 0.263. The highest BCUT2D eigenvalue weighted by molar-refractivity contribution is 6.14. The third-order valence-electron chi connectivity index (χ3n) is 4.26. The Bertz CT molecular complexity index is 866. The van der Waals surface area contributed by atoms with E-state index in [-0.39, 0.29) is 23.5 Å². The van der Waals surface area contributed by atoms with Gasteiger partial charge in [0.25, 0.3) is 5.91 Å². The van der Waals surface area contributed by atoms with Crippen molar-refractivity contribution in [1.29, 1.82) is 0 Å². The minimum Gasteiger partial charge on any atom is -0.318 e. The zero-order valence-corrected chi connectivity index (χ0v) is 14.5. The number of hydrogen-bond donors (Lipinski definition) is 1. The number of amides is 3.